The number of pyridine rings is 1. The number of imidazole rings is 1. The number of aryl methyl sites for hydroxylation is 1. The molecule has 1 N–H and O–H groups in total. The van der Waals surface area contributed by atoms with Crippen LogP contribution in [0.4, 0.5) is 5.69 Å². The summed E-state index contributed by atoms with van der Waals surface area (Å²) in [6.45, 7) is 1.82. The summed E-state index contributed by atoms with van der Waals surface area (Å²) in [5.41, 5.74) is 2.60. The Balaban J connectivity index is 1.99. The number of nitrogens with one attached hydrogen (secondary N) is 1. The molecule has 0 saturated heterocycles. The van der Waals surface area contributed by atoms with Gasteiger partial charge in [-0.3, -0.25) is 9.20 Å². The summed E-state index contributed by atoms with van der Waals surface area (Å²) >= 11 is 0. The first-order chi connectivity index (χ1) is 10.2. The number of carbonyl (C=O) groups excluding carboxylic acids is 1. The van der Waals surface area contributed by atoms with E-state index in [-0.39, 0.29) is 5.91 Å². The number of aromatic nitrogens is 2. The number of rotatable bonds is 3. The maximum absolute atomic E-state index is 12.6. The fourth-order valence-electron chi connectivity index (χ4n) is 2.32. The third-order valence-electron chi connectivity index (χ3n) is 3.27. The molecule has 0 fully saturated rings. The molecular weight excluding hydrogens is 266 g/mol. The van der Waals surface area contributed by atoms with Crippen molar-refractivity contribution >= 4 is 17.2 Å². The highest BCUT2D eigenvalue weighted by atomic mass is 16.5. The Hall–Kier alpha value is -2.82. The molecule has 2 heterocycles. The van der Waals surface area contributed by atoms with Gasteiger partial charge in [0.25, 0.3) is 5.91 Å². The van der Waals surface area contributed by atoms with Gasteiger partial charge in [0.2, 0.25) is 0 Å². The third kappa shape index (κ3) is 2.33. The van der Waals surface area contributed by atoms with Crippen molar-refractivity contribution in [3.8, 4) is 5.75 Å². The van der Waals surface area contributed by atoms with E-state index in [1.807, 2.05) is 43.5 Å². The lowest BCUT2D eigenvalue weighted by molar-refractivity contribution is 0.102. The molecule has 2 aromatic heterocycles. The van der Waals surface area contributed by atoms with Crippen molar-refractivity contribution in [3.05, 3.63) is 60.0 Å². The summed E-state index contributed by atoms with van der Waals surface area (Å²) in [5, 5.41) is 2.87. The smallest absolute Gasteiger partial charge is 0.274 e. The minimum Gasteiger partial charge on any atom is -0.495 e. The Labute approximate surface area is 122 Å². The third-order valence-corrected chi connectivity index (χ3v) is 3.27. The summed E-state index contributed by atoms with van der Waals surface area (Å²) in [4.78, 5) is 16.9. The van der Waals surface area contributed by atoms with Crippen molar-refractivity contribution in [2.24, 2.45) is 0 Å². The minimum absolute atomic E-state index is 0.212. The summed E-state index contributed by atoms with van der Waals surface area (Å²) in [7, 11) is 1.57. The molecule has 0 aliphatic rings. The second-order valence-corrected chi connectivity index (χ2v) is 4.63. The fraction of sp³-hybridized carbons (Fsp3) is 0.125. The maximum Gasteiger partial charge on any atom is 0.274 e. The molecule has 0 aliphatic carbocycles. The number of nitrogens with zero attached hydrogens (tertiary/aromatic N) is 2. The van der Waals surface area contributed by atoms with Crippen LogP contribution in [-0.2, 0) is 0 Å². The molecule has 1 aromatic carbocycles. The molecule has 0 spiro atoms. The zero-order chi connectivity index (χ0) is 14.8. The molecule has 106 valence electrons. The van der Waals surface area contributed by atoms with Gasteiger partial charge < -0.3 is 10.1 Å². The topological polar surface area (TPSA) is 55.6 Å². The fourth-order valence-corrected chi connectivity index (χ4v) is 2.32. The van der Waals surface area contributed by atoms with Gasteiger partial charge in [0.05, 0.1) is 18.5 Å². The number of para-hydroxylation sites is 2. The number of carbonyl (C=O) groups is 1. The first-order valence-electron chi connectivity index (χ1n) is 6.59. The lowest BCUT2D eigenvalue weighted by Gasteiger charge is -2.10. The summed E-state index contributed by atoms with van der Waals surface area (Å²) < 4.78 is 7.02. The van der Waals surface area contributed by atoms with Gasteiger partial charge in [0.1, 0.15) is 17.1 Å². The van der Waals surface area contributed by atoms with Crippen LogP contribution in [0.3, 0.4) is 0 Å². The standard InChI is InChI=1S/C16H15N3O2/c1-11-15(19-10-6-5-9-14(19)17-11)16(20)18-12-7-3-4-8-13(12)21-2/h3-10H,1-2H3,(H,18,20). The van der Waals surface area contributed by atoms with Gasteiger partial charge in [0.15, 0.2) is 0 Å². The van der Waals surface area contributed by atoms with E-state index in [0.29, 0.717) is 22.8 Å². The molecule has 0 bridgehead atoms. The van der Waals surface area contributed by atoms with Crippen LogP contribution in [0.2, 0.25) is 0 Å². The molecule has 0 aliphatic heterocycles. The molecule has 5 heteroatoms. The lowest BCUT2D eigenvalue weighted by atomic mass is 10.2. The molecule has 0 atom stereocenters. The van der Waals surface area contributed by atoms with Crippen LogP contribution < -0.4 is 10.1 Å². The van der Waals surface area contributed by atoms with Gasteiger partial charge in [-0.1, -0.05) is 18.2 Å². The molecule has 3 aromatic rings. The van der Waals surface area contributed by atoms with Crippen molar-refractivity contribution in [1.82, 2.24) is 9.38 Å². The van der Waals surface area contributed by atoms with Crippen molar-refractivity contribution < 1.29 is 9.53 Å². The second kappa shape index (κ2) is 5.28. The van der Waals surface area contributed by atoms with Gasteiger partial charge >= 0.3 is 0 Å². The largest absolute Gasteiger partial charge is 0.495 e. The number of ether oxygens (including phenoxy) is 1. The molecule has 0 saturated carbocycles. The van der Waals surface area contributed by atoms with Crippen LogP contribution in [0.5, 0.6) is 5.75 Å². The predicted octanol–water partition coefficient (Wildman–Crippen LogP) is 2.90. The molecule has 21 heavy (non-hydrogen) atoms. The average molecular weight is 281 g/mol. The van der Waals surface area contributed by atoms with E-state index in [9.17, 15) is 4.79 Å². The number of amides is 1. The van der Waals surface area contributed by atoms with Crippen LogP contribution >= 0.6 is 0 Å². The van der Waals surface area contributed by atoms with Gasteiger partial charge in [0, 0.05) is 6.20 Å². The van der Waals surface area contributed by atoms with Crippen LogP contribution in [0.25, 0.3) is 5.65 Å². The van der Waals surface area contributed by atoms with Crippen LogP contribution in [0, 0.1) is 6.92 Å². The maximum atomic E-state index is 12.6. The Morgan fingerprint density at radius 3 is 2.76 bits per heavy atom. The normalized spacial score (nSPS) is 10.6. The first kappa shape index (κ1) is 13.2. The summed E-state index contributed by atoms with van der Waals surface area (Å²) in [6, 6.07) is 12.9. The van der Waals surface area contributed by atoms with Crippen LogP contribution in [0.15, 0.2) is 48.7 Å². The van der Waals surface area contributed by atoms with Crippen LogP contribution in [-0.4, -0.2) is 22.4 Å². The molecule has 0 unspecified atom stereocenters. The number of methoxy groups -OCH3 is 1. The van der Waals surface area contributed by atoms with Gasteiger partial charge in [-0.15, -0.1) is 0 Å². The van der Waals surface area contributed by atoms with Crippen molar-refractivity contribution in [2.45, 2.75) is 6.92 Å². The predicted molar refractivity (Wildman–Crippen MR) is 80.9 cm³/mol. The zero-order valence-corrected chi connectivity index (χ0v) is 11.8. The van der Waals surface area contributed by atoms with Gasteiger partial charge in [-0.25, -0.2) is 4.98 Å². The van der Waals surface area contributed by atoms with E-state index in [2.05, 4.69) is 10.3 Å². The van der Waals surface area contributed by atoms with Crippen molar-refractivity contribution in [3.63, 3.8) is 0 Å². The van der Waals surface area contributed by atoms with Gasteiger partial charge in [-0.05, 0) is 31.2 Å². The van der Waals surface area contributed by atoms with E-state index in [0.717, 1.165) is 5.65 Å². The lowest BCUT2D eigenvalue weighted by Crippen LogP contribution is -2.16. The number of hydrogen-bond donors (Lipinski definition) is 1. The van der Waals surface area contributed by atoms with Gasteiger partial charge in [-0.2, -0.15) is 0 Å². The van der Waals surface area contributed by atoms with Crippen LogP contribution in [0.1, 0.15) is 16.2 Å². The monoisotopic (exact) mass is 281 g/mol. The summed E-state index contributed by atoms with van der Waals surface area (Å²) in [6.07, 6.45) is 1.83. The van der Waals surface area contributed by atoms with E-state index < -0.39 is 0 Å². The summed E-state index contributed by atoms with van der Waals surface area (Å²) in [5.74, 6) is 0.410. The zero-order valence-electron chi connectivity index (χ0n) is 11.8. The second-order valence-electron chi connectivity index (χ2n) is 4.63. The molecular formula is C16H15N3O2. The average Bonchev–Trinajstić information content (AvgIpc) is 2.83. The van der Waals surface area contributed by atoms with Crippen molar-refractivity contribution in [2.75, 3.05) is 12.4 Å². The number of benzene rings is 1. The minimum atomic E-state index is -0.212. The quantitative estimate of drug-likeness (QED) is 0.803. The molecule has 0 radical (unpaired) electrons. The van der Waals surface area contributed by atoms with E-state index in [1.165, 1.54) is 0 Å². The highest BCUT2D eigenvalue weighted by Gasteiger charge is 2.17. The van der Waals surface area contributed by atoms with E-state index in [1.54, 1.807) is 23.6 Å². The molecule has 1 amide bonds. The Morgan fingerprint density at radius 2 is 1.95 bits per heavy atom. The number of hydrogen-bond acceptors (Lipinski definition) is 3. The SMILES string of the molecule is COc1ccccc1NC(=O)c1c(C)nc2ccccn12. The Bertz CT molecular complexity index is 808. The van der Waals surface area contributed by atoms with E-state index in [4.69, 9.17) is 4.74 Å². The number of anilines is 1. The number of fused-ring (bicyclic) bond motifs is 1. The molecule has 3 rings (SSSR count). The highest BCUT2D eigenvalue weighted by molar-refractivity contribution is 6.05. The highest BCUT2D eigenvalue weighted by Crippen LogP contribution is 2.24. The Kier molecular flexibility index (Phi) is 3.31. The van der Waals surface area contributed by atoms with Crippen molar-refractivity contribution in [1.29, 1.82) is 0 Å². The Morgan fingerprint density at radius 1 is 1.19 bits per heavy atom. The van der Waals surface area contributed by atoms with E-state index >= 15 is 0 Å². The molecule has 5 nitrogen and oxygen atoms in total. The first-order valence-corrected chi connectivity index (χ1v) is 6.59.